The van der Waals surface area contributed by atoms with Crippen molar-refractivity contribution in [2.75, 3.05) is 7.11 Å². The Bertz CT molecular complexity index is 936. The molecule has 0 spiro atoms. The summed E-state index contributed by atoms with van der Waals surface area (Å²) >= 11 is 10.8. The van der Waals surface area contributed by atoms with Crippen LogP contribution in [0.25, 0.3) is 6.08 Å². The number of carbonyl (C=O) groups is 2. The van der Waals surface area contributed by atoms with Crippen LogP contribution < -0.4 is 20.1 Å². The molecule has 0 aromatic heterocycles. The number of amides is 2. The Morgan fingerprint density at radius 2 is 1.85 bits per heavy atom. The van der Waals surface area contributed by atoms with Gasteiger partial charge in [-0.15, -0.1) is 0 Å². The summed E-state index contributed by atoms with van der Waals surface area (Å²) in [6.07, 6.45) is 1.44. The zero-order valence-electron chi connectivity index (χ0n) is 14.2. The van der Waals surface area contributed by atoms with E-state index in [0.717, 1.165) is 5.56 Å². The van der Waals surface area contributed by atoms with Crippen LogP contribution in [0.15, 0.2) is 48.0 Å². The Hall–Kier alpha value is -2.90. The van der Waals surface area contributed by atoms with E-state index < -0.39 is 11.8 Å². The summed E-state index contributed by atoms with van der Waals surface area (Å²) in [6, 6.07) is 12.4. The van der Waals surface area contributed by atoms with Crippen molar-refractivity contribution >= 4 is 46.8 Å². The molecule has 0 radical (unpaired) electrons. The Labute approximate surface area is 166 Å². The second-order valence-electron chi connectivity index (χ2n) is 5.62. The number of hydrogen-bond donors (Lipinski definition) is 2. The summed E-state index contributed by atoms with van der Waals surface area (Å²) in [6.45, 7) is 0.256. The van der Waals surface area contributed by atoms with E-state index in [1.165, 1.54) is 13.2 Å². The second-order valence-corrected chi connectivity index (χ2v) is 6.46. The Balaban J connectivity index is 1.91. The molecule has 3 rings (SSSR count). The van der Waals surface area contributed by atoms with Crippen molar-refractivity contribution in [1.29, 1.82) is 0 Å². The standard InChI is InChI=1S/C19H15ClN2O4S/c1-25-14-6-5-12(8-15-17(23)21-19(27)22-18(15)24)16(9-14)26-10-11-3-2-4-13(20)7-11/h2-9H,10H2,1H3,(H2,21,22,23,24,27). The molecule has 2 aromatic carbocycles. The molecule has 0 saturated carbocycles. The van der Waals surface area contributed by atoms with Crippen LogP contribution in [-0.2, 0) is 16.2 Å². The summed E-state index contributed by atoms with van der Waals surface area (Å²) in [4.78, 5) is 24.1. The molecule has 1 aliphatic heterocycles. The number of thiocarbonyl (C=S) groups is 1. The van der Waals surface area contributed by atoms with Crippen molar-refractivity contribution in [3.63, 3.8) is 0 Å². The Morgan fingerprint density at radius 3 is 2.52 bits per heavy atom. The van der Waals surface area contributed by atoms with Gasteiger partial charge >= 0.3 is 0 Å². The van der Waals surface area contributed by atoms with Gasteiger partial charge in [0.1, 0.15) is 23.7 Å². The summed E-state index contributed by atoms with van der Waals surface area (Å²) in [7, 11) is 1.54. The number of carbonyl (C=O) groups excluding carboxylic acids is 2. The molecular formula is C19H15ClN2O4S. The van der Waals surface area contributed by atoms with E-state index in [0.29, 0.717) is 22.1 Å². The molecule has 0 atom stereocenters. The van der Waals surface area contributed by atoms with E-state index >= 15 is 0 Å². The molecule has 138 valence electrons. The highest BCUT2D eigenvalue weighted by molar-refractivity contribution is 7.80. The minimum Gasteiger partial charge on any atom is -0.497 e. The molecule has 27 heavy (non-hydrogen) atoms. The molecule has 8 heteroatoms. The molecule has 0 unspecified atom stereocenters. The quantitative estimate of drug-likeness (QED) is 0.457. The van der Waals surface area contributed by atoms with E-state index in [1.54, 1.807) is 30.3 Å². The predicted molar refractivity (Wildman–Crippen MR) is 106 cm³/mol. The van der Waals surface area contributed by atoms with Crippen LogP contribution in [0, 0.1) is 0 Å². The third-order valence-corrected chi connectivity index (χ3v) is 4.19. The summed E-state index contributed by atoms with van der Waals surface area (Å²) < 4.78 is 11.1. The average molecular weight is 403 g/mol. The zero-order chi connectivity index (χ0) is 19.4. The molecule has 0 bridgehead atoms. The van der Waals surface area contributed by atoms with E-state index in [4.69, 9.17) is 33.3 Å². The molecule has 1 fully saturated rings. The third kappa shape index (κ3) is 4.64. The molecule has 1 aliphatic rings. The van der Waals surface area contributed by atoms with E-state index in [9.17, 15) is 9.59 Å². The first-order valence-corrected chi connectivity index (χ1v) is 8.68. The van der Waals surface area contributed by atoms with Crippen molar-refractivity contribution < 1.29 is 19.1 Å². The van der Waals surface area contributed by atoms with Crippen molar-refractivity contribution in [3.8, 4) is 11.5 Å². The lowest BCUT2D eigenvalue weighted by molar-refractivity contribution is -0.123. The lowest BCUT2D eigenvalue weighted by atomic mass is 10.1. The van der Waals surface area contributed by atoms with Gasteiger partial charge in [-0.2, -0.15) is 0 Å². The Morgan fingerprint density at radius 1 is 1.11 bits per heavy atom. The zero-order valence-corrected chi connectivity index (χ0v) is 15.8. The summed E-state index contributed by atoms with van der Waals surface area (Å²) in [5, 5.41) is 5.38. The van der Waals surface area contributed by atoms with Crippen molar-refractivity contribution in [2.45, 2.75) is 6.61 Å². The first kappa shape index (κ1) is 18.9. The molecule has 6 nitrogen and oxygen atoms in total. The molecule has 2 N–H and O–H groups in total. The predicted octanol–water partition coefficient (Wildman–Crippen LogP) is 2.84. The molecule has 1 heterocycles. The van der Waals surface area contributed by atoms with Gasteiger partial charge in [-0.1, -0.05) is 23.7 Å². The molecule has 2 amide bonds. The number of methoxy groups -OCH3 is 1. The van der Waals surface area contributed by atoms with Gasteiger partial charge in [-0.25, -0.2) is 0 Å². The molecule has 1 saturated heterocycles. The van der Waals surface area contributed by atoms with Crippen molar-refractivity contribution in [3.05, 3.63) is 64.2 Å². The maximum absolute atomic E-state index is 12.1. The van der Waals surface area contributed by atoms with E-state index in [-0.39, 0.29) is 17.3 Å². The third-order valence-electron chi connectivity index (χ3n) is 3.75. The van der Waals surface area contributed by atoms with Gasteiger partial charge in [0.25, 0.3) is 11.8 Å². The van der Waals surface area contributed by atoms with Crippen molar-refractivity contribution in [2.24, 2.45) is 0 Å². The topological polar surface area (TPSA) is 76.7 Å². The van der Waals surface area contributed by atoms with Crippen LogP contribution in [0.2, 0.25) is 5.02 Å². The van der Waals surface area contributed by atoms with Crippen molar-refractivity contribution in [1.82, 2.24) is 10.6 Å². The number of benzene rings is 2. The fraction of sp³-hybridized carbons (Fsp3) is 0.105. The first-order valence-electron chi connectivity index (χ1n) is 7.90. The smallest absolute Gasteiger partial charge is 0.263 e. The number of halogens is 1. The van der Waals surface area contributed by atoms with E-state index in [2.05, 4.69) is 10.6 Å². The monoisotopic (exact) mass is 402 g/mol. The number of nitrogens with one attached hydrogen (secondary N) is 2. The van der Waals surface area contributed by atoms with E-state index in [1.807, 2.05) is 12.1 Å². The number of ether oxygens (including phenoxy) is 2. The van der Waals surface area contributed by atoms with Gasteiger partial charge < -0.3 is 9.47 Å². The SMILES string of the molecule is COc1ccc(C=C2C(=O)NC(=S)NC2=O)c(OCc2cccc(Cl)c2)c1. The molecule has 2 aromatic rings. The van der Waals surface area contributed by atoms with Gasteiger partial charge in [-0.3, -0.25) is 20.2 Å². The van der Waals surface area contributed by atoms with Crippen LogP contribution in [0.1, 0.15) is 11.1 Å². The van der Waals surface area contributed by atoms with Crippen LogP contribution in [-0.4, -0.2) is 24.0 Å². The van der Waals surface area contributed by atoms with Gasteiger partial charge in [0.15, 0.2) is 5.11 Å². The van der Waals surface area contributed by atoms with Gasteiger partial charge in [-0.05, 0) is 48.1 Å². The minimum absolute atomic E-state index is 0.0192. The fourth-order valence-corrected chi connectivity index (χ4v) is 2.83. The minimum atomic E-state index is -0.569. The molecular weight excluding hydrogens is 388 g/mol. The van der Waals surface area contributed by atoms with Gasteiger partial charge in [0.2, 0.25) is 0 Å². The van der Waals surface area contributed by atoms with Crippen LogP contribution in [0.5, 0.6) is 11.5 Å². The largest absolute Gasteiger partial charge is 0.497 e. The lowest BCUT2D eigenvalue weighted by Crippen LogP contribution is -2.51. The van der Waals surface area contributed by atoms with Crippen LogP contribution >= 0.6 is 23.8 Å². The highest BCUT2D eigenvalue weighted by Crippen LogP contribution is 2.28. The van der Waals surface area contributed by atoms with Gasteiger partial charge in [0, 0.05) is 16.7 Å². The maximum Gasteiger partial charge on any atom is 0.263 e. The number of rotatable bonds is 5. The molecule has 0 aliphatic carbocycles. The fourth-order valence-electron chi connectivity index (χ4n) is 2.44. The van der Waals surface area contributed by atoms with Crippen LogP contribution in [0.4, 0.5) is 0 Å². The first-order chi connectivity index (χ1) is 13.0. The summed E-state index contributed by atoms with van der Waals surface area (Å²) in [5.74, 6) is -0.103. The van der Waals surface area contributed by atoms with Gasteiger partial charge in [0.05, 0.1) is 7.11 Å². The second kappa shape index (κ2) is 8.20. The lowest BCUT2D eigenvalue weighted by Gasteiger charge is -2.17. The van der Waals surface area contributed by atoms with Crippen LogP contribution in [0.3, 0.4) is 0 Å². The highest BCUT2D eigenvalue weighted by atomic mass is 35.5. The average Bonchev–Trinajstić information content (AvgIpc) is 2.63. The Kier molecular flexibility index (Phi) is 5.73. The number of hydrogen-bond acceptors (Lipinski definition) is 5. The normalized spacial score (nSPS) is 13.7. The highest BCUT2D eigenvalue weighted by Gasteiger charge is 2.26. The summed E-state index contributed by atoms with van der Waals surface area (Å²) in [5.41, 5.74) is 1.36. The maximum atomic E-state index is 12.1.